The van der Waals surface area contributed by atoms with Gasteiger partial charge < -0.3 is 0 Å². The van der Waals surface area contributed by atoms with E-state index in [2.05, 4.69) is 65.3 Å². The summed E-state index contributed by atoms with van der Waals surface area (Å²) in [4.78, 5) is 6.35. The molecular weight excluding hydrogens is 324 g/mol. The molecular formula is C22H29N2S+. The van der Waals surface area contributed by atoms with E-state index in [9.17, 15) is 0 Å². The fraction of sp³-hybridized carbons (Fsp3) is 0.455. The summed E-state index contributed by atoms with van der Waals surface area (Å²) in [5, 5.41) is 0. The van der Waals surface area contributed by atoms with Crippen molar-refractivity contribution < 1.29 is 4.57 Å². The number of hydrogen-bond donors (Lipinski definition) is 0. The molecule has 3 heteroatoms. The van der Waals surface area contributed by atoms with E-state index in [0.29, 0.717) is 5.92 Å². The molecule has 1 aromatic carbocycles. The van der Waals surface area contributed by atoms with Crippen LogP contribution in [-0.2, 0) is 13.5 Å². The van der Waals surface area contributed by atoms with E-state index < -0.39 is 0 Å². The second kappa shape index (κ2) is 6.87. The first-order valence-corrected chi connectivity index (χ1v) is 10.0. The van der Waals surface area contributed by atoms with Gasteiger partial charge in [-0.2, -0.15) is 0 Å². The van der Waals surface area contributed by atoms with Gasteiger partial charge >= 0.3 is 0 Å². The summed E-state index contributed by atoms with van der Waals surface area (Å²) in [5.74, 6) is 0.503. The normalized spacial score (nSPS) is 11.7. The molecule has 0 saturated carbocycles. The molecule has 0 bridgehead atoms. The predicted octanol–water partition coefficient (Wildman–Crippen LogP) is 5.79. The topological polar surface area (TPSA) is 16.8 Å². The van der Waals surface area contributed by atoms with E-state index in [1.54, 1.807) is 0 Å². The van der Waals surface area contributed by atoms with Crippen LogP contribution in [0.1, 0.15) is 60.2 Å². The van der Waals surface area contributed by atoms with Gasteiger partial charge in [-0.3, -0.25) is 0 Å². The summed E-state index contributed by atoms with van der Waals surface area (Å²) < 4.78 is 3.53. The van der Waals surface area contributed by atoms with Crippen LogP contribution in [0.4, 0.5) is 0 Å². The molecule has 0 aliphatic heterocycles. The highest BCUT2D eigenvalue weighted by Gasteiger charge is 2.25. The highest BCUT2D eigenvalue weighted by Crippen LogP contribution is 2.40. The Bertz CT molecular complexity index is 935. The van der Waals surface area contributed by atoms with Crippen molar-refractivity contribution >= 4 is 21.6 Å². The van der Waals surface area contributed by atoms with Gasteiger partial charge in [0.15, 0.2) is 5.69 Å². The van der Waals surface area contributed by atoms with Crippen molar-refractivity contribution in [3.63, 3.8) is 0 Å². The molecule has 0 N–H and O–H groups in total. The molecule has 0 fully saturated rings. The molecule has 2 heterocycles. The maximum Gasteiger partial charge on any atom is 0.287 e. The highest BCUT2D eigenvalue weighted by molar-refractivity contribution is 7.19. The van der Waals surface area contributed by atoms with Gasteiger partial charge in [-0.15, -0.1) is 11.3 Å². The lowest BCUT2D eigenvalue weighted by Crippen LogP contribution is -2.31. The van der Waals surface area contributed by atoms with Gasteiger partial charge in [-0.1, -0.05) is 38.8 Å². The van der Waals surface area contributed by atoms with Crippen LogP contribution >= 0.6 is 11.3 Å². The number of aryl methyl sites for hydroxylation is 4. The van der Waals surface area contributed by atoms with E-state index in [1.165, 1.54) is 55.0 Å². The smallest absolute Gasteiger partial charge is 0.231 e. The zero-order valence-electron chi connectivity index (χ0n) is 16.5. The number of benzene rings is 1. The van der Waals surface area contributed by atoms with Crippen LogP contribution in [0.25, 0.3) is 21.5 Å². The minimum atomic E-state index is 0.503. The number of nitrogens with zero attached hydrogens (tertiary/aromatic N) is 2. The maximum absolute atomic E-state index is 4.84. The summed E-state index contributed by atoms with van der Waals surface area (Å²) in [6, 6.07) is 4.60. The van der Waals surface area contributed by atoms with Crippen LogP contribution in [0.3, 0.4) is 0 Å². The first-order valence-electron chi connectivity index (χ1n) is 9.23. The molecule has 3 rings (SSSR count). The Morgan fingerprint density at radius 3 is 2.52 bits per heavy atom. The molecule has 3 aromatic rings. The molecule has 2 aromatic heterocycles. The van der Waals surface area contributed by atoms with E-state index >= 15 is 0 Å². The minimum absolute atomic E-state index is 0.503. The Balaban J connectivity index is 2.40. The summed E-state index contributed by atoms with van der Waals surface area (Å²) in [6.45, 7) is 13.5. The Labute approximate surface area is 155 Å². The van der Waals surface area contributed by atoms with E-state index in [1.807, 2.05) is 17.7 Å². The Hall–Kier alpha value is -1.74. The molecule has 0 aliphatic rings. The number of hydrogen-bond acceptors (Lipinski definition) is 2. The third-order valence-electron chi connectivity index (χ3n) is 5.04. The second-order valence-corrected chi connectivity index (χ2v) is 8.58. The van der Waals surface area contributed by atoms with Crippen molar-refractivity contribution in [2.45, 2.75) is 60.3 Å². The fourth-order valence-corrected chi connectivity index (χ4v) is 5.34. The van der Waals surface area contributed by atoms with Crippen LogP contribution in [0.2, 0.25) is 0 Å². The average Bonchev–Trinajstić information content (AvgIpc) is 2.89. The highest BCUT2D eigenvalue weighted by atomic mass is 32.1. The Morgan fingerprint density at radius 2 is 1.88 bits per heavy atom. The molecule has 0 unspecified atom stereocenters. The number of aromatic nitrogens is 2. The van der Waals surface area contributed by atoms with Crippen molar-refractivity contribution in [3.8, 4) is 11.3 Å². The number of thiophene rings is 1. The third-order valence-corrected chi connectivity index (χ3v) is 6.31. The monoisotopic (exact) mass is 353 g/mol. The molecule has 0 aliphatic carbocycles. The van der Waals surface area contributed by atoms with E-state index in [4.69, 9.17) is 4.98 Å². The van der Waals surface area contributed by atoms with Gasteiger partial charge in [0.05, 0.1) is 7.05 Å². The number of rotatable bonds is 4. The van der Waals surface area contributed by atoms with Crippen molar-refractivity contribution in [2.75, 3.05) is 0 Å². The van der Waals surface area contributed by atoms with Crippen LogP contribution in [-0.4, -0.2) is 4.98 Å². The molecule has 0 radical (unpaired) electrons. The third kappa shape index (κ3) is 3.10. The summed E-state index contributed by atoms with van der Waals surface area (Å²) in [7, 11) is 2.12. The summed E-state index contributed by atoms with van der Waals surface area (Å²) in [5.41, 5.74) is 9.34. The molecule has 0 spiro atoms. The maximum atomic E-state index is 4.84. The lowest BCUT2D eigenvalue weighted by molar-refractivity contribution is -0.662. The van der Waals surface area contributed by atoms with Gasteiger partial charge in [0, 0.05) is 16.0 Å². The molecule has 0 saturated heterocycles. The SMILES string of the molecule is CCCc1sc2c(-c3cc(C)cc(C)c3C)[n+](C)cnc2c1C(C)C. The standard InChI is InChI=1S/C22H29N2S/c1-8-9-18-19(13(2)3)20-22(25-18)21(24(7)12-23-20)17-11-14(4)10-15(5)16(17)6/h10-13H,8-9H2,1-7H3/q+1. The van der Waals surface area contributed by atoms with Gasteiger partial charge in [-0.25, -0.2) is 4.57 Å². The second-order valence-electron chi connectivity index (χ2n) is 7.48. The molecule has 0 amide bonds. The van der Waals surface area contributed by atoms with Gasteiger partial charge in [0.25, 0.3) is 6.33 Å². The summed E-state index contributed by atoms with van der Waals surface area (Å²) >= 11 is 1.95. The molecule has 0 atom stereocenters. The molecule has 25 heavy (non-hydrogen) atoms. The van der Waals surface area contributed by atoms with E-state index in [0.717, 1.165) is 6.42 Å². The van der Waals surface area contributed by atoms with E-state index in [-0.39, 0.29) is 0 Å². The first-order chi connectivity index (χ1) is 11.8. The minimum Gasteiger partial charge on any atom is -0.231 e. The first kappa shape index (κ1) is 18.1. The largest absolute Gasteiger partial charge is 0.287 e. The Morgan fingerprint density at radius 1 is 1.16 bits per heavy atom. The lowest BCUT2D eigenvalue weighted by atomic mass is 9.96. The molecule has 2 nitrogen and oxygen atoms in total. The quantitative estimate of drug-likeness (QED) is 0.543. The average molecular weight is 354 g/mol. The predicted molar refractivity (Wildman–Crippen MR) is 109 cm³/mol. The zero-order valence-corrected chi connectivity index (χ0v) is 17.3. The van der Waals surface area contributed by atoms with Crippen LogP contribution in [0, 0.1) is 20.8 Å². The van der Waals surface area contributed by atoms with Crippen LogP contribution < -0.4 is 4.57 Å². The molecule has 132 valence electrons. The lowest BCUT2D eigenvalue weighted by Gasteiger charge is -2.11. The van der Waals surface area contributed by atoms with Crippen molar-refractivity contribution in [3.05, 3.63) is 45.6 Å². The van der Waals surface area contributed by atoms with Crippen molar-refractivity contribution in [2.24, 2.45) is 7.05 Å². The van der Waals surface area contributed by atoms with Crippen molar-refractivity contribution in [1.82, 2.24) is 4.98 Å². The van der Waals surface area contributed by atoms with Crippen molar-refractivity contribution in [1.29, 1.82) is 0 Å². The fourth-order valence-electron chi connectivity index (χ4n) is 3.74. The number of fused-ring (bicyclic) bond motifs is 1. The van der Waals surface area contributed by atoms with Crippen LogP contribution in [0.15, 0.2) is 18.5 Å². The zero-order chi connectivity index (χ0) is 18.3. The van der Waals surface area contributed by atoms with Gasteiger partial charge in [0.1, 0.15) is 4.70 Å². The van der Waals surface area contributed by atoms with Crippen LogP contribution in [0.5, 0.6) is 0 Å². The summed E-state index contributed by atoms with van der Waals surface area (Å²) in [6.07, 6.45) is 4.31. The van der Waals surface area contributed by atoms with Gasteiger partial charge in [0.2, 0.25) is 5.52 Å². The van der Waals surface area contributed by atoms with Gasteiger partial charge in [-0.05, 0) is 55.3 Å². The Kier molecular flexibility index (Phi) is 4.97.